The van der Waals surface area contributed by atoms with Crippen LogP contribution in [0, 0.1) is 6.92 Å². The molecule has 3 aromatic rings. The lowest BCUT2D eigenvalue weighted by atomic mass is 10.1. The summed E-state index contributed by atoms with van der Waals surface area (Å²) in [6, 6.07) is 15.3. The first-order chi connectivity index (χ1) is 12.1. The number of anilines is 2. The maximum atomic E-state index is 12.2. The van der Waals surface area contributed by atoms with E-state index in [2.05, 4.69) is 20.6 Å². The molecule has 0 atom stereocenters. The molecule has 0 aliphatic carbocycles. The molecule has 25 heavy (non-hydrogen) atoms. The average Bonchev–Trinajstić information content (AvgIpc) is 2.62. The van der Waals surface area contributed by atoms with E-state index in [9.17, 15) is 4.79 Å². The molecule has 0 spiro atoms. The van der Waals surface area contributed by atoms with Crippen molar-refractivity contribution in [1.82, 2.24) is 15.3 Å². The van der Waals surface area contributed by atoms with Gasteiger partial charge in [-0.3, -0.25) is 4.79 Å². The molecule has 0 aliphatic rings. The normalized spacial score (nSPS) is 10.3. The highest BCUT2D eigenvalue weighted by Gasteiger charge is 2.07. The topological polar surface area (TPSA) is 66.9 Å². The Balaban J connectivity index is 1.59. The van der Waals surface area contributed by atoms with Gasteiger partial charge in [-0.05, 0) is 30.7 Å². The van der Waals surface area contributed by atoms with Gasteiger partial charge in [0.25, 0.3) is 5.91 Å². The van der Waals surface area contributed by atoms with Gasteiger partial charge in [0, 0.05) is 29.6 Å². The van der Waals surface area contributed by atoms with E-state index in [1.54, 1.807) is 12.1 Å². The summed E-state index contributed by atoms with van der Waals surface area (Å²) in [6.45, 7) is 2.49. The van der Waals surface area contributed by atoms with Crippen molar-refractivity contribution < 1.29 is 4.79 Å². The molecule has 0 saturated carbocycles. The number of nitrogens with one attached hydrogen (secondary N) is 2. The van der Waals surface area contributed by atoms with Gasteiger partial charge in [-0.2, -0.15) is 0 Å². The fourth-order valence-corrected chi connectivity index (χ4v) is 2.39. The molecule has 2 N–H and O–H groups in total. The third-order valence-electron chi connectivity index (χ3n) is 3.57. The van der Waals surface area contributed by atoms with Crippen molar-refractivity contribution in [3.05, 3.63) is 82.6 Å². The Hall–Kier alpha value is -2.92. The fraction of sp³-hybridized carbons (Fsp3) is 0.105. The minimum atomic E-state index is -0.213. The second-order valence-corrected chi connectivity index (χ2v) is 6.04. The molecular formula is C19H17ClN4O. The van der Waals surface area contributed by atoms with Crippen LogP contribution in [0.4, 0.5) is 11.6 Å². The number of amides is 1. The molecule has 0 aliphatic heterocycles. The Kier molecular flexibility index (Phi) is 5.26. The number of halogens is 1. The molecule has 0 saturated heterocycles. The highest BCUT2D eigenvalue weighted by molar-refractivity contribution is 6.30. The summed E-state index contributed by atoms with van der Waals surface area (Å²) in [5.41, 5.74) is 3.42. The molecule has 3 rings (SSSR count). The van der Waals surface area contributed by atoms with E-state index in [0.29, 0.717) is 23.1 Å². The minimum Gasteiger partial charge on any atom is -0.348 e. The van der Waals surface area contributed by atoms with Crippen LogP contribution in [0.1, 0.15) is 21.5 Å². The highest BCUT2D eigenvalue weighted by atomic mass is 35.5. The van der Waals surface area contributed by atoms with E-state index in [1.807, 2.05) is 43.3 Å². The van der Waals surface area contributed by atoms with Gasteiger partial charge < -0.3 is 10.6 Å². The third kappa shape index (κ3) is 4.78. The maximum absolute atomic E-state index is 12.2. The van der Waals surface area contributed by atoms with Crippen LogP contribution in [-0.4, -0.2) is 15.9 Å². The molecule has 126 valence electrons. The van der Waals surface area contributed by atoms with Gasteiger partial charge in [-0.25, -0.2) is 9.97 Å². The van der Waals surface area contributed by atoms with Crippen molar-refractivity contribution >= 4 is 29.1 Å². The molecule has 1 heterocycles. The lowest BCUT2D eigenvalue weighted by Gasteiger charge is -2.07. The Labute approximate surface area is 151 Å². The highest BCUT2D eigenvalue weighted by Crippen LogP contribution is 2.17. The van der Waals surface area contributed by atoms with E-state index in [0.717, 1.165) is 11.3 Å². The van der Waals surface area contributed by atoms with Crippen LogP contribution in [-0.2, 0) is 6.54 Å². The molecule has 1 aromatic heterocycles. The van der Waals surface area contributed by atoms with Crippen molar-refractivity contribution in [2.24, 2.45) is 0 Å². The van der Waals surface area contributed by atoms with E-state index >= 15 is 0 Å². The van der Waals surface area contributed by atoms with E-state index in [4.69, 9.17) is 11.6 Å². The number of benzene rings is 2. The van der Waals surface area contributed by atoms with Gasteiger partial charge in [0.05, 0.1) is 5.56 Å². The second-order valence-electron chi connectivity index (χ2n) is 5.60. The summed E-state index contributed by atoms with van der Waals surface area (Å²) in [5.74, 6) is 0.187. The lowest BCUT2D eigenvalue weighted by Crippen LogP contribution is -2.23. The minimum absolute atomic E-state index is 0.213. The number of rotatable bonds is 5. The van der Waals surface area contributed by atoms with E-state index in [-0.39, 0.29) is 5.91 Å². The van der Waals surface area contributed by atoms with Crippen molar-refractivity contribution in [2.45, 2.75) is 13.5 Å². The summed E-state index contributed by atoms with van der Waals surface area (Å²) in [6.07, 6.45) is 2.98. The van der Waals surface area contributed by atoms with Gasteiger partial charge in [0.15, 0.2) is 0 Å². The van der Waals surface area contributed by atoms with Crippen LogP contribution in [0.5, 0.6) is 0 Å². The number of hydrogen-bond acceptors (Lipinski definition) is 4. The molecule has 5 nitrogen and oxygen atoms in total. The van der Waals surface area contributed by atoms with Crippen LogP contribution in [0.2, 0.25) is 5.02 Å². The number of nitrogens with zero attached hydrogens (tertiary/aromatic N) is 2. The zero-order valence-corrected chi connectivity index (χ0v) is 14.4. The molecule has 0 bridgehead atoms. The SMILES string of the molecule is Cc1ccc(CNC(=O)c2cnc(Nc3cccc(Cl)c3)nc2)cc1. The van der Waals surface area contributed by atoms with Crippen molar-refractivity contribution in [2.75, 3.05) is 5.32 Å². The predicted octanol–water partition coefficient (Wildman–Crippen LogP) is 4.11. The Morgan fingerprint density at radius 3 is 2.48 bits per heavy atom. The second kappa shape index (κ2) is 7.77. The summed E-state index contributed by atoms with van der Waals surface area (Å²) in [7, 11) is 0. The van der Waals surface area contributed by atoms with Gasteiger partial charge in [0.1, 0.15) is 0 Å². The van der Waals surface area contributed by atoms with Gasteiger partial charge >= 0.3 is 0 Å². The zero-order chi connectivity index (χ0) is 17.6. The first-order valence-electron chi connectivity index (χ1n) is 7.78. The zero-order valence-electron chi connectivity index (χ0n) is 13.7. The molecule has 0 fully saturated rings. The summed E-state index contributed by atoms with van der Waals surface area (Å²) < 4.78 is 0. The van der Waals surface area contributed by atoms with Crippen LogP contribution < -0.4 is 10.6 Å². The summed E-state index contributed by atoms with van der Waals surface area (Å²) >= 11 is 5.94. The molecule has 0 radical (unpaired) electrons. The van der Waals surface area contributed by atoms with Crippen LogP contribution in [0.15, 0.2) is 60.9 Å². The Bertz CT molecular complexity index is 863. The monoisotopic (exact) mass is 352 g/mol. The third-order valence-corrected chi connectivity index (χ3v) is 3.80. The lowest BCUT2D eigenvalue weighted by molar-refractivity contribution is 0.0950. The van der Waals surface area contributed by atoms with Gasteiger partial charge in [-0.1, -0.05) is 47.5 Å². The Morgan fingerprint density at radius 1 is 1.08 bits per heavy atom. The van der Waals surface area contributed by atoms with E-state index in [1.165, 1.54) is 18.0 Å². The van der Waals surface area contributed by atoms with Crippen molar-refractivity contribution in [3.63, 3.8) is 0 Å². The standard InChI is InChI=1S/C19H17ClN4O/c1-13-5-7-14(8-6-13)10-21-18(25)15-11-22-19(23-12-15)24-17-4-2-3-16(20)9-17/h2-9,11-12H,10H2,1H3,(H,21,25)(H,22,23,24). The van der Waals surface area contributed by atoms with Crippen LogP contribution in [0.3, 0.4) is 0 Å². The molecular weight excluding hydrogens is 336 g/mol. The molecule has 1 amide bonds. The number of carbonyl (C=O) groups is 1. The molecule has 2 aromatic carbocycles. The maximum Gasteiger partial charge on any atom is 0.254 e. The number of aryl methyl sites for hydroxylation is 1. The first kappa shape index (κ1) is 16.9. The van der Waals surface area contributed by atoms with Crippen molar-refractivity contribution in [3.8, 4) is 0 Å². The van der Waals surface area contributed by atoms with Crippen LogP contribution in [0.25, 0.3) is 0 Å². The predicted molar refractivity (Wildman–Crippen MR) is 99.1 cm³/mol. The Morgan fingerprint density at radius 2 is 1.80 bits per heavy atom. The largest absolute Gasteiger partial charge is 0.348 e. The quantitative estimate of drug-likeness (QED) is 0.725. The number of carbonyl (C=O) groups excluding carboxylic acids is 1. The van der Waals surface area contributed by atoms with Crippen molar-refractivity contribution in [1.29, 1.82) is 0 Å². The fourth-order valence-electron chi connectivity index (χ4n) is 2.20. The molecule has 0 unspecified atom stereocenters. The van der Waals surface area contributed by atoms with Gasteiger partial charge in [0.2, 0.25) is 5.95 Å². The average molecular weight is 353 g/mol. The number of hydrogen-bond donors (Lipinski definition) is 2. The number of aromatic nitrogens is 2. The van der Waals surface area contributed by atoms with Crippen LogP contribution >= 0.6 is 11.6 Å². The van der Waals surface area contributed by atoms with E-state index < -0.39 is 0 Å². The van der Waals surface area contributed by atoms with Gasteiger partial charge in [-0.15, -0.1) is 0 Å². The first-order valence-corrected chi connectivity index (χ1v) is 8.16. The smallest absolute Gasteiger partial charge is 0.254 e. The summed E-state index contributed by atoms with van der Waals surface area (Å²) in [4.78, 5) is 20.5. The molecule has 6 heteroatoms. The summed E-state index contributed by atoms with van der Waals surface area (Å²) in [5, 5.41) is 6.51.